The van der Waals surface area contributed by atoms with E-state index in [1.54, 1.807) is 38.1 Å². The van der Waals surface area contributed by atoms with Gasteiger partial charge in [0, 0.05) is 18.7 Å². The van der Waals surface area contributed by atoms with Crippen LogP contribution < -0.4 is 5.32 Å². The van der Waals surface area contributed by atoms with Gasteiger partial charge in [-0.15, -0.1) is 0 Å². The zero-order valence-corrected chi connectivity index (χ0v) is 18.0. The van der Waals surface area contributed by atoms with Gasteiger partial charge >= 0.3 is 0 Å². The molecule has 3 rings (SSSR count). The van der Waals surface area contributed by atoms with Crippen LogP contribution in [-0.2, 0) is 21.2 Å². The molecule has 0 saturated heterocycles. The molecule has 3 aromatic rings. The van der Waals surface area contributed by atoms with Crippen molar-refractivity contribution in [1.29, 1.82) is 0 Å². The van der Waals surface area contributed by atoms with E-state index in [9.17, 15) is 13.2 Å². The summed E-state index contributed by atoms with van der Waals surface area (Å²) in [4.78, 5) is 12.6. The molecule has 29 heavy (non-hydrogen) atoms. The Kier molecular flexibility index (Phi) is 5.94. The van der Waals surface area contributed by atoms with Crippen molar-refractivity contribution in [1.82, 2.24) is 4.57 Å². The van der Waals surface area contributed by atoms with Crippen molar-refractivity contribution in [2.75, 3.05) is 5.32 Å². The Hall–Kier alpha value is -2.86. The van der Waals surface area contributed by atoms with Crippen molar-refractivity contribution in [3.8, 4) is 0 Å². The number of carbonyl (C=O) groups excluding carboxylic acids is 1. The fourth-order valence-corrected chi connectivity index (χ4v) is 5.00. The summed E-state index contributed by atoms with van der Waals surface area (Å²) in [5.41, 5.74) is 3.47. The molecule has 1 aromatic heterocycles. The van der Waals surface area contributed by atoms with Crippen molar-refractivity contribution in [3.05, 3.63) is 77.0 Å². The van der Waals surface area contributed by atoms with Crippen molar-refractivity contribution >= 4 is 21.6 Å². The number of aryl methyl sites for hydroxylation is 1. The van der Waals surface area contributed by atoms with Gasteiger partial charge in [0.2, 0.25) is 15.7 Å². The van der Waals surface area contributed by atoms with E-state index in [4.69, 9.17) is 0 Å². The fourth-order valence-electron chi connectivity index (χ4n) is 3.31. The van der Waals surface area contributed by atoms with Gasteiger partial charge < -0.3 is 9.88 Å². The largest absolute Gasteiger partial charge is 0.326 e. The number of hydrogen-bond donors (Lipinski definition) is 1. The van der Waals surface area contributed by atoms with Crippen molar-refractivity contribution < 1.29 is 13.2 Å². The van der Waals surface area contributed by atoms with Crippen LogP contribution in [0.25, 0.3) is 0 Å². The molecule has 0 aliphatic rings. The van der Waals surface area contributed by atoms with Crippen molar-refractivity contribution in [3.63, 3.8) is 0 Å². The first kappa shape index (κ1) is 20.9. The van der Waals surface area contributed by atoms with Crippen LogP contribution in [-0.4, -0.2) is 18.9 Å². The predicted molar refractivity (Wildman–Crippen MR) is 115 cm³/mol. The van der Waals surface area contributed by atoms with Gasteiger partial charge in [-0.1, -0.05) is 55.0 Å². The van der Waals surface area contributed by atoms with E-state index >= 15 is 0 Å². The smallest absolute Gasteiger partial charge is 0.225 e. The summed E-state index contributed by atoms with van der Waals surface area (Å²) in [6.07, 6.45) is 0.263. The second kappa shape index (κ2) is 8.25. The molecule has 0 radical (unpaired) electrons. The lowest BCUT2D eigenvalue weighted by Crippen LogP contribution is -2.17. The molecular weight excluding hydrogens is 384 g/mol. The maximum absolute atomic E-state index is 13.5. The van der Waals surface area contributed by atoms with E-state index in [0.717, 1.165) is 16.8 Å². The van der Waals surface area contributed by atoms with Gasteiger partial charge in [-0.2, -0.15) is 0 Å². The van der Waals surface area contributed by atoms with Crippen LogP contribution in [0.1, 0.15) is 35.7 Å². The van der Waals surface area contributed by atoms with E-state index in [0.29, 0.717) is 17.9 Å². The molecule has 152 valence electrons. The number of carbonyl (C=O) groups is 1. The molecule has 2 aromatic carbocycles. The molecule has 0 aliphatic heterocycles. The van der Waals surface area contributed by atoms with E-state index in [1.165, 1.54) is 0 Å². The summed E-state index contributed by atoms with van der Waals surface area (Å²) in [5.74, 6) is 0.105. The Labute approximate surface area is 172 Å². The summed E-state index contributed by atoms with van der Waals surface area (Å²) in [6.45, 7) is 7.80. The molecule has 0 spiro atoms. The molecular formula is C23H26N2O3S. The average molecular weight is 411 g/mol. The molecule has 1 N–H and O–H groups in total. The number of nitrogens with zero attached hydrogens (tertiary/aromatic N) is 1. The molecule has 1 heterocycles. The minimum absolute atomic E-state index is 0.164. The topological polar surface area (TPSA) is 68.2 Å². The Balaban J connectivity index is 2.21. The third-order valence-corrected chi connectivity index (χ3v) is 7.07. The second-order valence-corrected chi connectivity index (χ2v) is 9.06. The summed E-state index contributed by atoms with van der Waals surface area (Å²) < 4.78 is 28.9. The van der Waals surface area contributed by atoms with Crippen LogP contribution in [0.4, 0.5) is 5.82 Å². The van der Waals surface area contributed by atoms with Crippen molar-refractivity contribution in [2.45, 2.75) is 50.5 Å². The lowest BCUT2D eigenvalue weighted by molar-refractivity contribution is -0.115. The van der Waals surface area contributed by atoms with E-state index in [2.05, 4.69) is 5.32 Å². The molecule has 1 amide bonds. The molecule has 0 bridgehead atoms. The lowest BCUT2D eigenvalue weighted by atomic mass is 10.2. The number of benzene rings is 2. The number of aromatic nitrogens is 1. The van der Waals surface area contributed by atoms with Crippen LogP contribution in [0, 0.1) is 20.8 Å². The molecule has 0 fully saturated rings. The van der Waals surface area contributed by atoms with E-state index in [-0.39, 0.29) is 22.1 Å². The highest BCUT2D eigenvalue weighted by molar-refractivity contribution is 7.91. The minimum atomic E-state index is -3.80. The second-order valence-electron chi connectivity index (χ2n) is 7.18. The maximum Gasteiger partial charge on any atom is 0.225 e. The summed E-state index contributed by atoms with van der Waals surface area (Å²) in [5, 5.41) is 2.84. The number of anilines is 1. The number of nitrogens with one attached hydrogen (secondary N) is 1. The third-order valence-electron chi connectivity index (χ3n) is 5.14. The predicted octanol–water partition coefficient (Wildman–Crippen LogP) is 4.64. The monoisotopic (exact) mass is 410 g/mol. The maximum atomic E-state index is 13.5. The van der Waals surface area contributed by atoms with E-state index < -0.39 is 9.84 Å². The van der Waals surface area contributed by atoms with Gasteiger partial charge in [0.25, 0.3) is 0 Å². The average Bonchev–Trinajstić information content (AvgIpc) is 2.93. The fraction of sp³-hybridized carbons (Fsp3) is 0.261. The summed E-state index contributed by atoms with van der Waals surface area (Å²) >= 11 is 0. The van der Waals surface area contributed by atoms with E-state index in [1.807, 2.05) is 48.7 Å². The van der Waals surface area contributed by atoms with Gasteiger partial charge in [-0.25, -0.2) is 8.42 Å². The zero-order chi connectivity index (χ0) is 21.2. The Morgan fingerprint density at radius 2 is 1.59 bits per heavy atom. The zero-order valence-electron chi connectivity index (χ0n) is 17.2. The summed E-state index contributed by atoms with van der Waals surface area (Å²) in [6, 6.07) is 16.6. The normalized spacial score (nSPS) is 11.4. The number of hydrogen-bond acceptors (Lipinski definition) is 3. The first-order valence-electron chi connectivity index (χ1n) is 9.61. The minimum Gasteiger partial charge on any atom is -0.326 e. The number of rotatable bonds is 6. The first-order valence-corrected chi connectivity index (χ1v) is 11.1. The SMILES string of the molecule is CCC(=O)Nc1c(S(=O)(=O)c2ccc(C)cc2)c(C)c(C)n1Cc1ccccc1. The standard InChI is InChI=1S/C23H26N2O3S/c1-5-21(26)24-23-22(29(27,28)20-13-11-16(2)12-14-20)17(3)18(4)25(23)15-19-9-7-6-8-10-19/h6-14H,5,15H2,1-4H3,(H,24,26). The van der Waals surface area contributed by atoms with Crippen LogP contribution in [0.2, 0.25) is 0 Å². The highest BCUT2D eigenvalue weighted by Gasteiger charge is 2.30. The van der Waals surface area contributed by atoms with Gasteiger partial charge in [-0.05, 0) is 44.0 Å². The number of amides is 1. The van der Waals surface area contributed by atoms with Crippen LogP contribution in [0.5, 0.6) is 0 Å². The van der Waals surface area contributed by atoms with Gasteiger partial charge in [0.05, 0.1) is 4.90 Å². The molecule has 0 saturated carbocycles. The molecule has 6 heteroatoms. The first-order chi connectivity index (χ1) is 13.8. The van der Waals surface area contributed by atoms with Crippen LogP contribution in [0.15, 0.2) is 64.4 Å². The lowest BCUT2D eigenvalue weighted by Gasteiger charge is -2.14. The highest BCUT2D eigenvalue weighted by atomic mass is 32.2. The molecule has 0 unspecified atom stereocenters. The Bertz CT molecular complexity index is 1130. The van der Waals surface area contributed by atoms with Gasteiger partial charge in [0.1, 0.15) is 10.7 Å². The highest BCUT2D eigenvalue weighted by Crippen LogP contribution is 2.36. The van der Waals surface area contributed by atoms with Crippen molar-refractivity contribution in [2.24, 2.45) is 0 Å². The Morgan fingerprint density at radius 3 is 2.17 bits per heavy atom. The summed E-state index contributed by atoms with van der Waals surface area (Å²) in [7, 11) is -3.80. The van der Waals surface area contributed by atoms with Gasteiger partial charge in [-0.3, -0.25) is 4.79 Å². The quantitative estimate of drug-likeness (QED) is 0.643. The molecule has 0 aliphatic carbocycles. The van der Waals surface area contributed by atoms with Crippen LogP contribution in [0.3, 0.4) is 0 Å². The molecule has 0 atom stereocenters. The Morgan fingerprint density at radius 1 is 0.966 bits per heavy atom. The molecule has 5 nitrogen and oxygen atoms in total. The van der Waals surface area contributed by atoms with Crippen LogP contribution >= 0.6 is 0 Å². The number of sulfone groups is 1. The third kappa shape index (κ3) is 4.12. The van der Waals surface area contributed by atoms with Gasteiger partial charge in [0.15, 0.2) is 0 Å².